The number of nitrogens with two attached hydrogens (primary N) is 1. The van der Waals surface area contributed by atoms with E-state index in [-0.39, 0.29) is 6.61 Å². The van der Waals surface area contributed by atoms with Gasteiger partial charge in [0.25, 0.3) is 0 Å². The van der Waals surface area contributed by atoms with Crippen molar-refractivity contribution in [2.75, 3.05) is 24.8 Å². The first-order valence-corrected chi connectivity index (χ1v) is 10.4. The van der Waals surface area contributed by atoms with Gasteiger partial charge in [-0.2, -0.15) is 0 Å². The Bertz CT molecular complexity index is 749. The standard InChI is InChI=1S/C18H28N4O6S/c1-9-13(29-8-22(9)6-11-5-20-10(2)21-17(11)19)3-4-27-18-16(26)15(25)14(24)12(7-23)28-18/h5,12,14-16,18,23-26H,3-4,6-8H2,1-2H3,(H2,19,20,21). The SMILES string of the molecule is CC1=C(CCOC2OC(CO)C(O)C(O)C2O)SCN1Cc1cnc(C)nc1N. The van der Waals surface area contributed by atoms with E-state index in [0.29, 0.717) is 24.6 Å². The van der Waals surface area contributed by atoms with Crippen molar-refractivity contribution in [2.24, 2.45) is 0 Å². The normalized spacial score (nSPS) is 30.3. The fourth-order valence-electron chi connectivity index (χ4n) is 3.26. The second-order valence-corrected chi connectivity index (χ2v) is 8.17. The number of hydrogen-bond acceptors (Lipinski definition) is 11. The van der Waals surface area contributed by atoms with E-state index in [2.05, 4.69) is 14.9 Å². The van der Waals surface area contributed by atoms with Gasteiger partial charge in [-0.3, -0.25) is 0 Å². The molecule has 1 fully saturated rings. The number of aryl methyl sites for hydroxylation is 1. The number of aliphatic hydroxyl groups excluding tert-OH is 4. The van der Waals surface area contributed by atoms with Gasteiger partial charge in [-0.25, -0.2) is 9.97 Å². The number of nitrogens with zero attached hydrogens (tertiary/aromatic N) is 3. The summed E-state index contributed by atoms with van der Waals surface area (Å²) in [5.74, 6) is 1.89. The third kappa shape index (κ3) is 5.00. The van der Waals surface area contributed by atoms with Crippen LogP contribution in [0.25, 0.3) is 0 Å². The van der Waals surface area contributed by atoms with E-state index in [4.69, 9.17) is 15.2 Å². The van der Waals surface area contributed by atoms with Crippen LogP contribution in [0.3, 0.4) is 0 Å². The van der Waals surface area contributed by atoms with Crippen molar-refractivity contribution in [2.45, 2.75) is 57.5 Å². The number of anilines is 1. The number of hydrogen-bond donors (Lipinski definition) is 5. The second kappa shape index (κ2) is 9.56. The van der Waals surface area contributed by atoms with Gasteiger partial charge in [-0.05, 0) is 13.8 Å². The Hall–Kier alpha value is -1.47. The summed E-state index contributed by atoms with van der Waals surface area (Å²) in [4.78, 5) is 11.7. The van der Waals surface area contributed by atoms with E-state index >= 15 is 0 Å². The highest BCUT2D eigenvalue weighted by molar-refractivity contribution is 8.03. The molecule has 0 aliphatic carbocycles. The Labute approximate surface area is 173 Å². The third-order valence-electron chi connectivity index (χ3n) is 5.11. The molecule has 0 bridgehead atoms. The van der Waals surface area contributed by atoms with Gasteiger partial charge < -0.3 is 40.5 Å². The number of allylic oxidation sites excluding steroid dienone is 1. The molecule has 29 heavy (non-hydrogen) atoms. The number of rotatable bonds is 7. The van der Waals surface area contributed by atoms with Gasteiger partial charge in [-0.15, -0.1) is 11.8 Å². The lowest BCUT2D eigenvalue weighted by Gasteiger charge is -2.39. The van der Waals surface area contributed by atoms with Crippen molar-refractivity contribution in [3.63, 3.8) is 0 Å². The first-order valence-electron chi connectivity index (χ1n) is 9.39. The van der Waals surface area contributed by atoms with Gasteiger partial charge in [0.1, 0.15) is 36.1 Å². The van der Waals surface area contributed by atoms with Crippen LogP contribution in [0, 0.1) is 6.92 Å². The number of aromatic nitrogens is 2. The Morgan fingerprint density at radius 1 is 1.28 bits per heavy atom. The molecular formula is C18H28N4O6S. The molecule has 6 N–H and O–H groups in total. The van der Waals surface area contributed by atoms with Crippen LogP contribution in [0.1, 0.15) is 24.7 Å². The predicted molar refractivity (Wildman–Crippen MR) is 106 cm³/mol. The smallest absolute Gasteiger partial charge is 0.186 e. The van der Waals surface area contributed by atoms with Crippen LogP contribution in [0.5, 0.6) is 0 Å². The van der Waals surface area contributed by atoms with Gasteiger partial charge in [0.05, 0.1) is 19.1 Å². The van der Waals surface area contributed by atoms with Crippen molar-refractivity contribution < 1.29 is 29.9 Å². The first-order chi connectivity index (χ1) is 13.8. The van der Waals surface area contributed by atoms with Gasteiger partial charge >= 0.3 is 0 Å². The molecular weight excluding hydrogens is 400 g/mol. The minimum Gasteiger partial charge on any atom is -0.394 e. The van der Waals surface area contributed by atoms with Gasteiger partial charge in [0, 0.05) is 35.3 Å². The number of ether oxygens (including phenoxy) is 2. The lowest BCUT2D eigenvalue weighted by atomic mass is 9.99. The topological polar surface area (TPSA) is 154 Å². The Balaban J connectivity index is 1.54. The zero-order chi connectivity index (χ0) is 21.1. The Morgan fingerprint density at radius 2 is 2.03 bits per heavy atom. The van der Waals surface area contributed by atoms with E-state index in [1.165, 1.54) is 0 Å². The zero-order valence-electron chi connectivity index (χ0n) is 16.4. The summed E-state index contributed by atoms with van der Waals surface area (Å²) in [5.41, 5.74) is 7.96. The largest absolute Gasteiger partial charge is 0.394 e. The monoisotopic (exact) mass is 428 g/mol. The third-order valence-corrected chi connectivity index (χ3v) is 6.40. The van der Waals surface area contributed by atoms with Crippen molar-refractivity contribution in [3.05, 3.63) is 28.2 Å². The van der Waals surface area contributed by atoms with Crippen LogP contribution in [0.4, 0.5) is 5.82 Å². The van der Waals surface area contributed by atoms with E-state index in [1.807, 2.05) is 6.92 Å². The highest BCUT2D eigenvalue weighted by Crippen LogP contribution is 2.35. The van der Waals surface area contributed by atoms with Crippen LogP contribution in [0.15, 0.2) is 16.8 Å². The minimum atomic E-state index is -1.44. The predicted octanol–water partition coefficient (Wildman–Crippen LogP) is -0.688. The average molecular weight is 429 g/mol. The summed E-state index contributed by atoms with van der Waals surface area (Å²) < 4.78 is 10.9. The molecule has 3 rings (SSSR count). The molecule has 2 aliphatic rings. The van der Waals surface area contributed by atoms with Gasteiger partial charge in [0.15, 0.2) is 6.29 Å². The van der Waals surface area contributed by atoms with Gasteiger partial charge in [-0.1, -0.05) is 0 Å². The maximum atomic E-state index is 10.0. The molecule has 0 amide bonds. The molecule has 5 atom stereocenters. The fraction of sp³-hybridized carbons (Fsp3) is 0.667. The summed E-state index contributed by atoms with van der Waals surface area (Å²) in [7, 11) is 0. The molecule has 3 heterocycles. The maximum Gasteiger partial charge on any atom is 0.186 e. The number of aliphatic hydroxyl groups is 4. The maximum absolute atomic E-state index is 10.0. The average Bonchev–Trinajstić information content (AvgIpc) is 3.03. The van der Waals surface area contributed by atoms with E-state index in [9.17, 15) is 20.4 Å². The summed E-state index contributed by atoms with van der Waals surface area (Å²) in [6.45, 7) is 4.21. The van der Waals surface area contributed by atoms with E-state index in [1.54, 1.807) is 24.9 Å². The highest BCUT2D eigenvalue weighted by Gasteiger charge is 2.44. The molecule has 10 nitrogen and oxygen atoms in total. The molecule has 0 radical (unpaired) electrons. The van der Waals surface area contributed by atoms with Gasteiger partial charge in [0.2, 0.25) is 0 Å². The van der Waals surface area contributed by atoms with Crippen LogP contribution in [-0.2, 0) is 16.0 Å². The minimum absolute atomic E-state index is 0.256. The Morgan fingerprint density at radius 3 is 2.72 bits per heavy atom. The van der Waals surface area contributed by atoms with E-state index < -0.39 is 37.3 Å². The van der Waals surface area contributed by atoms with Crippen LogP contribution >= 0.6 is 11.8 Å². The molecule has 1 aromatic rings. The molecule has 1 aromatic heterocycles. The quantitative estimate of drug-likeness (QED) is 0.375. The second-order valence-electron chi connectivity index (χ2n) is 7.13. The number of nitrogen functional groups attached to an aromatic ring is 1. The summed E-state index contributed by atoms with van der Waals surface area (Å²) in [6.07, 6.45) is -3.96. The fourth-order valence-corrected chi connectivity index (χ4v) is 4.43. The molecule has 5 unspecified atom stereocenters. The summed E-state index contributed by atoms with van der Waals surface area (Å²) in [6, 6.07) is 0. The van der Waals surface area contributed by atoms with E-state index in [0.717, 1.165) is 22.0 Å². The Kier molecular flexibility index (Phi) is 7.32. The van der Waals surface area contributed by atoms with Crippen LogP contribution in [-0.4, -0.2) is 85.1 Å². The van der Waals surface area contributed by atoms with Crippen LogP contribution in [0.2, 0.25) is 0 Å². The molecule has 0 saturated carbocycles. The lowest BCUT2D eigenvalue weighted by Crippen LogP contribution is -2.59. The van der Waals surface area contributed by atoms with Crippen molar-refractivity contribution in [3.8, 4) is 0 Å². The van der Waals surface area contributed by atoms with Crippen molar-refractivity contribution >= 4 is 17.6 Å². The first kappa shape index (κ1) is 22.2. The molecule has 0 aromatic carbocycles. The summed E-state index contributed by atoms with van der Waals surface area (Å²) in [5, 5.41) is 38.9. The van der Waals surface area contributed by atoms with Crippen LogP contribution < -0.4 is 5.73 Å². The number of thioether (sulfide) groups is 1. The highest BCUT2D eigenvalue weighted by atomic mass is 32.2. The molecule has 11 heteroatoms. The summed E-state index contributed by atoms with van der Waals surface area (Å²) >= 11 is 1.69. The molecule has 162 valence electrons. The molecule has 1 saturated heterocycles. The molecule has 2 aliphatic heterocycles. The lowest BCUT2D eigenvalue weighted by molar-refractivity contribution is -0.300. The molecule has 0 spiro atoms. The zero-order valence-corrected chi connectivity index (χ0v) is 17.2. The van der Waals surface area contributed by atoms with Crippen molar-refractivity contribution in [1.29, 1.82) is 0 Å². The van der Waals surface area contributed by atoms with Crippen molar-refractivity contribution in [1.82, 2.24) is 14.9 Å².